The molecule has 1 aromatic rings. The SMILES string of the molecule is Cc1cc(C#N)cc(C)c1C(O)C(O)C(=O)O. The molecule has 3 N–H and O–H groups in total. The van der Waals surface area contributed by atoms with E-state index in [0.717, 1.165) is 0 Å². The number of hydrogen-bond donors (Lipinski definition) is 3. The Balaban J connectivity index is 3.24. The van der Waals surface area contributed by atoms with E-state index in [-0.39, 0.29) is 0 Å². The molecule has 0 aliphatic heterocycles. The second-order valence-corrected chi connectivity index (χ2v) is 3.86. The predicted octanol–water partition coefficient (Wildman–Crippen LogP) is 0.654. The molecule has 0 saturated heterocycles. The van der Waals surface area contributed by atoms with E-state index in [2.05, 4.69) is 0 Å². The summed E-state index contributed by atoms with van der Waals surface area (Å²) >= 11 is 0. The number of benzene rings is 1. The molecule has 2 atom stereocenters. The van der Waals surface area contributed by atoms with Gasteiger partial charge in [0.05, 0.1) is 11.6 Å². The maximum atomic E-state index is 10.6. The number of aliphatic carboxylic acids is 1. The molecule has 0 saturated carbocycles. The first kappa shape index (κ1) is 13.2. The second-order valence-electron chi connectivity index (χ2n) is 3.86. The van der Waals surface area contributed by atoms with E-state index in [4.69, 9.17) is 10.4 Å². The van der Waals surface area contributed by atoms with Gasteiger partial charge in [-0.15, -0.1) is 0 Å². The van der Waals surface area contributed by atoms with Crippen molar-refractivity contribution in [3.05, 3.63) is 34.4 Å². The number of nitriles is 1. The maximum Gasteiger partial charge on any atom is 0.335 e. The van der Waals surface area contributed by atoms with Crippen molar-refractivity contribution in [1.82, 2.24) is 0 Å². The third-order valence-electron chi connectivity index (χ3n) is 2.57. The van der Waals surface area contributed by atoms with Crippen LogP contribution in [0.5, 0.6) is 0 Å². The summed E-state index contributed by atoms with van der Waals surface area (Å²) in [5.41, 5.74) is 1.93. The average Bonchev–Trinajstić information content (AvgIpc) is 2.26. The van der Waals surface area contributed by atoms with Crippen molar-refractivity contribution in [1.29, 1.82) is 5.26 Å². The number of rotatable bonds is 3. The molecule has 0 aromatic heterocycles. The van der Waals surface area contributed by atoms with Crippen molar-refractivity contribution in [2.24, 2.45) is 0 Å². The monoisotopic (exact) mass is 235 g/mol. The van der Waals surface area contributed by atoms with E-state index < -0.39 is 18.2 Å². The third kappa shape index (κ3) is 2.61. The topological polar surface area (TPSA) is 102 Å². The molecule has 5 nitrogen and oxygen atoms in total. The van der Waals surface area contributed by atoms with Gasteiger partial charge < -0.3 is 15.3 Å². The molecule has 1 aromatic carbocycles. The van der Waals surface area contributed by atoms with Crippen molar-refractivity contribution < 1.29 is 20.1 Å². The van der Waals surface area contributed by atoms with Crippen molar-refractivity contribution in [2.45, 2.75) is 26.1 Å². The van der Waals surface area contributed by atoms with Gasteiger partial charge in [-0.1, -0.05) is 0 Å². The van der Waals surface area contributed by atoms with Crippen molar-refractivity contribution in [2.75, 3.05) is 0 Å². The van der Waals surface area contributed by atoms with E-state index in [1.165, 1.54) is 0 Å². The molecule has 0 heterocycles. The molecule has 0 aliphatic carbocycles. The zero-order chi connectivity index (χ0) is 13.2. The molecule has 0 amide bonds. The van der Waals surface area contributed by atoms with E-state index >= 15 is 0 Å². The molecule has 0 radical (unpaired) electrons. The third-order valence-corrected chi connectivity index (χ3v) is 2.57. The lowest BCUT2D eigenvalue weighted by Crippen LogP contribution is -2.28. The fourth-order valence-electron chi connectivity index (χ4n) is 1.80. The van der Waals surface area contributed by atoms with Gasteiger partial charge in [-0.2, -0.15) is 5.26 Å². The van der Waals surface area contributed by atoms with Crippen LogP contribution in [0.4, 0.5) is 0 Å². The minimum absolute atomic E-state index is 0.346. The first-order valence-electron chi connectivity index (χ1n) is 4.98. The average molecular weight is 235 g/mol. The Kier molecular flexibility index (Phi) is 3.84. The number of carbonyl (C=O) groups is 1. The fraction of sp³-hybridized carbons (Fsp3) is 0.333. The van der Waals surface area contributed by atoms with E-state index in [0.29, 0.717) is 22.3 Å². The zero-order valence-electron chi connectivity index (χ0n) is 9.51. The Morgan fingerprint density at radius 2 is 1.76 bits per heavy atom. The Morgan fingerprint density at radius 1 is 1.29 bits per heavy atom. The van der Waals surface area contributed by atoms with Gasteiger partial charge in [-0.05, 0) is 42.7 Å². The van der Waals surface area contributed by atoms with Crippen LogP contribution in [0.2, 0.25) is 0 Å². The minimum Gasteiger partial charge on any atom is -0.479 e. The van der Waals surface area contributed by atoms with E-state index in [1.807, 2.05) is 6.07 Å². The quantitative estimate of drug-likeness (QED) is 0.714. The number of aliphatic hydroxyl groups is 2. The van der Waals surface area contributed by atoms with Crippen LogP contribution in [0.3, 0.4) is 0 Å². The molecule has 0 bridgehead atoms. The van der Waals surface area contributed by atoms with Crippen LogP contribution in [0, 0.1) is 25.2 Å². The van der Waals surface area contributed by atoms with Crippen molar-refractivity contribution in [3.8, 4) is 6.07 Å². The normalized spacial score (nSPS) is 13.8. The molecule has 5 heteroatoms. The predicted molar refractivity (Wildman–Crippen MR) is 59.2 cm³/mol. The Hall–Kier alpha value is -1.90. The van der Waals surface area contributed by atoms with Crippen LogP contribution in [0.25, 0.3) is 0 Å². The van der Waals surface area contributed by atoms with Gasteiger partial charge in [0.1, 0.15) is 6.10 Å². The first-order valence-corrected chi connectivity index (χ1v) is 4.98. The number of carboxylic acid groups (broad SMARTS) is 1. The minimum atomic E-state index is -1.87. The lowest BCUT2D eigenvalue weighted by molar-refractivity contribution is -0.153. The molecule has 0 aliphatic rings. The highest BCUT2D eigenvalue weighted by Gasteiger charge is 2.27. The lowest BCUT2D eigenvalue weighted by atomic mass is 9.93. The van der Waals surface area contributed by atoms with Crippen molar-refractivity contribution in [3.63, 3.8) is 0 Å². The highest BCUT2D eigenvalue weighted by Crippen LogP contribution is 2.26. The van der Waals surface area contributed by atoms with Gasteiger partial charge in [0.15, 0.2) is 6.10 Å². The number of nitrogens with zero attached hydrogens (tertiary/aromatic N) is 1. The van der Waals surface area contributed by atoms with Gasteiger partial charge in [0, 0.05) is 0 Å². The number of aryl methyl sites for hydroxylation is 2. The van der Waals surface area contributed by atoms with Crippen LogP contribution in [-0.2, 0) is 4.79 Å². The summed E-state index contributed by atoms with van der Waals surface area (Å²) in [7, 11) is 0. The summed E-state index contributed by atoms with van der Waals surface area (Å²) in [5, 5.41) is 36.5. The summed E-state index contributed by atoms with van der Waals surface area (Å²) in [6, 6.07) is 5.05. The van der Waals surface area contributed by atoms with Gasteiger partial charge in [0.2, 0.25) is 0 Å². The van der Waals surface area contributed by atoms with E-state index in [1.54, 1.807) is 26.0 Å². The Labute approximate surface area is 98.6 Å². The standard InChI is InChI=1S/C12H13NO4/c1-6-3-8(5-13)4-7(2)9(6)10(14)11(15)12(16)17/h3-4,10-11,14-15H,1-2H3,(H,16,17). The summed E-state index contributed by atoms with van der Waals surface area (Å²) in [6.45, 7) is 3.31. The van der Waals surface area contributed by atoms with Crippen LogP contribution in [0.15, 0.2) is 12.1 Å². The largest absolute Gasteiger partial charge is 0.479 e. The molecule has 0 fully saturated rings. The lowest BCUT2D eigenvalue weighted by Gasteiger charge is -2.19. The van der Waals surface area contributed by atoms with Gasteiger partial charge in [-0.25, -0.2) is 4.79 Å². The van der Waals surface area contributed by atoms with Crippen LogP contribution in [0.1, 0.15) is 28.4 Å². The molecular weight excluding hydrogens is 222 g/mol. The Morgan fingerprint density at radius 3 is 2.12 bits per heavy atom. The van der Waals surface area contributed by atoms with Gasteiger partial charge >= 0.3 is 5.97 Å². The smallest absolute Gasteiger partial charge is 0.335 e. The highest BCUT2D eigenvalue weighted by atomic mass is 16.4. The molecular formula is C12H13NO4. The maximum absolute atomic E-state index is 10.6. The highest BCUT2D eigenvalue weighted by molar-refractivity contribution is 5.73. The van der Waals surface area contributed by atoms with Crippen LogP contribution >= 0.6 is 0 Å². The molecule has 2 unspecified atom stereocenters. The summed E-state index contributed by atoms with van der Waals surface area (Å²) in [5.74, 6) is -1.49. The van der Waals surface area contributed by atoms with Crippen LogP contribution < -0.4 is 0 Å². The zero-order valence-corrected chi connectivity index (χ0v) is 9.51. The number of hydrogen-bond acceptors (Lipinski definition) is 4. The summed E-state index contributed by atoms with van der Waals surface area (Å²) in [4.78, 5) is 10.6. The first-order chi connectivity index (χ1) is 7.88. The number of aliphatic hydroxyl groups excluding tert-OH is 2. The Bertz CT molecular complexity index is 467. The van der Waals surface area contributed by atoms with Crippen LogP contribution in [-0.4, -0.2) is 27.4 Å². The molecule has 90 valence electrons. The van der Waals surface area contributed by atoms with Crippen molar-refractivity contribution >= 4 is 5.97 Å². The van der Waals surface area contributed by atoms with E-state index in [9.17, 15) is 15.0 Å². The summed E-state index contributed by atoms with van der Waals surface area (Å²) < 4.78 is 0. The molecule has 17 heavy (non-hydrogen) atoms. The molecule has 1 rings (SSSR count). The molecule has 0 spiro atoms. The van der Waals surface area contributed by atoms with Gasteiger partial charge in [0.25, 0.3) is 0 Å². The second kappa shape index (κ2) is 4.95. The number of carboxylic acids is 1. The summed E-state index contributed by atoms with van der Waals surface area (Å²) in [6.07, 6.45) is -3.37. The fourth-order valence-corrected chi connectivity index (χ4v) is 1.80. The van der Waals surface area contributed by atoms with Gasteiger partial charge in [-0.3, -0.25) is 0 Å².